The van der Waals surface area contributed by atoms with Gasteiger partial charge in [0, 0.05) is 17.4 Å². The molecule has 1 amide bonds. The summed E-state index contributed by atoms with van der Waals surface area (Å²) in [6.45, 7) is 4.08. The highest BCUT2D eigenvalue weighted by molar-refractivity contribution is 6.30. The first-order chi connectivity index (χ1) is 15.0. The van der Waals surface area contributed by atoms with Crippen molar-refractivity contribution in [3.05, 3.63) is 100 Å². The molecule has 154 valence electrons. The second-order valence-corrected chi connectivity index (χ2v) is 8.18. The van der Waals surface area contributed by atoms with Gasteiger partial charge in [-0.2, -0.15) is 5.10 Å². The Hall–Kier alpha value is -3.44. The SMILES string of the molecule is Cc1ccc(C2=NN(C(=O)c3ccco3)C(c3cc4cc(C)ccc4nc3Cl)C2)cc1. The molecule has 0 aliphatic carbocycles. The molecule has 5 rings (SSSR count). The lowest BCUT2D eigenvalue weighted by Gasteiger charge is -2.22. The van der Waals surface area contributed by atoms with Crippen molar-refractivity contribution >= 4 is 34.1 Å². The zero-order valence-electron chi connectivity index (χ0n) is 17.2. The molecule has 1 unspecified atom stereocenters. The van der Waals surface area contributed by atoms with Gasteiger partial charge in [0.25, 0.3) is 0 Å². The molecule has 5 nitrogen and oxygen atoms in total. The molecule has 0 fully saturated rings. The highest BCUT2D eigenvalue weighted by Gasteiger charge is 2.36. The highest BCUT2D eigenvalue weighted by atomic mass is 35.5. The van der Waals surface area contributed by atoms with E-state index in [1.54, 1.807) is 12.1 Å². The van der Waals surface area contributed by atoms with Crippen LogP contribution in [0.15, 0.2) is 76.4 Å². The van der Waals surface area contributed by atoms with Crippen LogP contribution in [0.25, 0.3) is 10.9 Å². The number of furan rings is 1. The fourth-order valence-corrected chi connectivity index (χ4v) is 4.17. The van der Waals surface area contributed by atoms with Crippen LogP contribution in [0.1, 0.15) is 45.3 Å². The molecule has 3 heterocycles. The average Bonchev–Trinajstić information content (AvgIpc) is 3.44. The minimum absolute atomic E-state index is 0.236. The van der Waals surface area contributed by atoms with E-state index in [4.69, 9.17) is 21.1 Å². The third-order valence-electron chi connectivity index (χ3n) is 5.55. The van der Waals surface area contributed by atoms with Crippen LogP contribution in [0, 0.1) is 13.8 Å². The number of benzene rings is 2. The maximum atomic E-state index is 13.2. The Morgan fingerprint density at radius 2 is 1.84 bits per heavy atom. The second-order valence-electron chi connectivity index (χ2n) is 7.82. The van der Waals surface area contributed by atoms with Crippen molar-refractivity contribution in [1.29, 1.82) is 0 Å². The van der Waals surface area contributed by atoms with Gasteiger partial charge in [0.15, 0.2) is 5.76 Å². The van der Waals surface area contributed by atoms with E-state index in [2.05, 4.69) is 11.1 Å². The number of carbonyl (C=O) groups excluding carboxylic acids is 1. The summed E-state index contributed by atoms with van der Waals surface area (Å²) in [7, 11) is 0. The lowest BCUT2D eigenvalue weighted by Crippen LogP contribution is -2.27. The summed E-state index contributed by atoms with van der Waals surface area (Å²) < 4.78 is 5.36. The Labute approximate surface area is 185 Å². The molecule has 1 aliphatic rings. The zero-order chi connectivity index (χ0) is 21.5. The Kier molecular flexibility index (Phi) is 4.83. The molecule has 0 bridgehead atoms. The molecule has 31 heavy (non-hydrogen) atoms. The summed E-state index contributed by atoms with van der Waals surface area (Å²) >= 11 is 6.61. The number of halogens is 1. The van der Waals surface area contributed by atoms with Gasteiger partial charge in [-0.25, -0.2) is 9.99 Å². The van der Waals surface area contributed by atoms with Gasteiger partial charge < -0.3 is 4.42 Å². The van der Waals surface area contributed by atoms with Crippen molar-refractivity contribution in [3.63, 3.8) is 0 Å². The summed E-state index contributed by atoms with van der Waals surface area (Å²) in [5, 5.41) is 7.52. The van der Waals surface area contributed by atoms with Gasteiger partial charge in [-0.05, 0) is 49.7 Å². The quantitative estimate of drug-likeness (QED) is 0.370. The van der Waals surface area contributed by atoms with Gasteiger partial charge in [0.05, 0.1) is 23.5 Å². The van der Waals surface area contributed by atoms with Crippen LogP contribution >= 0.6 is 11.6 Å². The van der Waals surface area contributed by atoms with Crippen molar-refractivity contribution in [3.8, 4) is 0 Å². The third-order valence-corrected chi connectivity index (χ3v) is 5.85. The van der Waals surface area contributed by atoms with Crippen LogP contribution < -0.4 is 0 Å². The Balaban J connectivity index is 1.61. The lowest BCUT2D eigenvalue weighted by molar-refractivity contribution is 0.0678. The number of aromatic nitrogens is 1. The summed E-state index contributed by atoms with van der Waals surface area (Å²) in [5.41, 5.74) is 5.69. The van der Waals surface area contributed by atoms with Crippen molar-refractivity contribution in [2.45, 2.75) is 26.3 Å². The molecule has 1 atom stereocenters. The van der Waals surface area contributed by atoms with Crippen molar-refractivity contribution in [2.24, 2.45) is 5.10 Å². The monoisotopic (exact) mass is 429 g/mol. The van der Waals surface area contributed by atoms with Crippen LogP contribution in [0.2, 0.25) is 5.15 Å². The van der Waals surface area contributed by atoms with Crippen LogP contribution in [-0.4, -0.2) is 21.6 Å². The minimum Gasteiger partial charge on any atom is -0.459 e. The average molecular weight is 430 g/mol. The minimum atomic E-state index is -0.376. The normalized spacial score (nSPS) is 16.0. The Bertz CT molecular complexity index is 1310. The number of pyridine rings is 1. The van der Waals surface area contributed by atoms with Crippen molar-refractivity contribution in [1.82, 2.24) is 9.99 Å². The van der Waals surface area contributed by atoms with E-state index < -0.39 is 0 Å². The number of aryl methyl sites for hydroxylation is 2. The zero-order valence-corrected chi connectivity index (χ0v) is 17.9. The molecule has 6 heteroatoms. The lowest BCUT2D eigenvalue weighted by atomic mass is 9.97. The van der Waals surface area contributed by atoms with E-state index >= 15 is 0 Å². The van der Waals surface area contributed by atoms with E-state index in [0.29, 0.717) is 11.6 Å². The predicted octanol–water partition coefficient (Wildman–Crippen LogP) is 6.09. The number of rotatable bonds is 3. The molecule has 0 radical (unpaired) electrons. The van der Waals surface area contributed by atoms with E-state index in [1.807, 2.05) is 56.3 Å². The molecule has 0 saturated carbocycles. The smallest absolute Gasteiger partial charge is 0.310 e. The first-order valence-electron chi connectivity index (χ1n) is 10.1. The van der Waals surface area contributed by atoms with Gasteiger partial charge in [-0.1, -0.05) is 53.1 Å². The summed E-state index contributed by atoms with van der Waals surface area (Å²) in [6.07, 6.45) is 2.02. The molecule has 0 N–H and O–H groups in total. The molecule has 2 aromatic carbocycles. The molecular formula is C25H20ClN3O2. The van der Waals surface area contributed by atoms with Gasteiger partial charge in [-0.15, -0.1) is 0 Å². The third kappa shape index (κ3) is 3.62. The largest absolute Gasteiger partial charge is 0.459 e. The van der Waals surface area contributed by atoms with Gasteiger partial charge >= 0.3 is 5.91 Å². The first-order valence-corrected chi connectivity index (χ1v) is 10.5. The number of hydrogen-bond donors (Lipinski definition) is 0. The molecule has 2 aromatic heterocycles. The molecule has 4 aromatic rings. The molecule has 0 saturated heterocycles. The van der Waals surface area contributed by atoms with Crippen LogP contribution in [-0.2, 0) is 0 Å². The summed E-state index contributed by atoms with van der Waals surface area (Å²) in [6, 6.07) is 19.1. The molecule has 1 aliphatic heterocycles. The van der Waals surface area contributed by atoms with Gasteiger partial charge in [0.2, 0.25) is 0 Å². The van der Waals surface area contributed by atoms with Gasteiger partial charge in [-0.3, -0.25) is 4.79 Å². The number of nitrogens with zero attached hydrogens (tertiary/aromatic N) is 3. The number of amides is 1. The first kappa shape index (κ1) is 19.5. The number of hydrogen-bond acceptors (Lipinski definition) is 4. The van der Waals surface area contributed by atoms with E-state index in [1.165, 1.54) is 16.8 Å². The number of hydrazone groups is 1. The molecular weight excluding hydrogens is 410 g/mol. The number of fused-ring (bicyclic) bond motifs is 1. The summed E-state index contributed by atoms with van der Waals surface area (Å²) in [4.78, 5) is 17.8. The second kappa shape index (κ2) is 7.67. The number of carbonyl (C=O) groups is 1. The maximum absolute atomic E-state index is 13.2. The Morgan fingerprint density at radius 1 is 1.06 bits per heavy atom. The van der Waals surface area contributed by atoms with Crippen molar-refractivity contribution in [2.75, 3.05) is 0 Å². The predicted molar refractivity (Wildman–Crippen MR) is 121 cm³/mol. The van der Waals surface area contributed by atoms with Crippen LogP contribution in [0.4, 0.5) is 0 Å². The van der Waals surface area contributed by atoms with E-state index in [0.717, 1.165) is 33.3 Å². The maximum Gasteiger partial charge on any atom is 0.310 e. The Morgan fingerprint density at radius 3 is 2.58 bits per heavy atom. The van der Waals surface area contributed by atoms with Crippen LogP contribution in [0.3, 0.4) is 0 Å². The van der Waals surface area contributed by atoms with Crippen LogP contribution in [0.5, 0.6) is 0 Å². The van der Waals surface area contributed by atoms with Crippen molar-refractivity contribution < 1.29 is 9.21 Å². The molecule has 0 spiro atoms. The van der Waals surface area contributed by atoms with E-state index in [9.17, 15) is 4.79 Å². The van der Waals surface area contributed by atoms with E-state index in [-0.39, 0.29) is 17.7 Å². The topological polar surface area (TPSA) is 58.7 Å². The fraction of sp³-hybridized carbons (Fsp3) is 0.160. The highest BCUT2D eigenvalue weighted by Crippen LogP contribution is 2.38. The fourth-order valence-electron chi connectivity index (χ4n) is 3.90. The standard InChI is InChI=1S/C25H20ClN3O2/c1-15-5-8-17(9-6-15)21-14-22(29(28-21)25(30)23-4-3-11-31-23)19-13-18-12-16(2)7-10-20(18)27-24(19)26/h3-13,22H,14H2,1-2H3. The summed E-state index contributed by atoms with van der Waals surface area (Å²) in [5.74, 6) is -0.0721. The van der Waals surface area contributed by atoms with Gasteiger partial charge in [0.1, 0.15) is 5.15 Å².